The molecule has 2 aromatic carbocycles. The van der Waals surface area contributed by atoms with Gasteiger partial charge in [0, 0.05) is 17.7 Å². The summed E-state index contributed by atoms with van der Waals surface area (Å²) in [5, 5.41) is 0. The Kier molecular flexibility index (Phi) is 2.46. The van der Waals surface area contributed by atoms with Crippen molar-refractivity contribution in [3.63, 3.8) is 0 Å². The van der Waals surface area contributed by atoms with Crippen LogP contribution in [0, 0.1) is 0 Å². The van der Waals surface area contributed by atoms with Crippen LogP contribution < -0.4 is 4.90 Å². The van der Waals surface area contributed by atoms with Gasteiger partial charge in [-0.05, 0) is 6.07 Å². The smallest absolute Gasteiger partial charge is 0.229 e. The lowest BCUT2D eigenvalue weighted by molar-refractivity contribution is -0.117. The molecule has 1 saturated heterocycles. The highest BCUT2D eigenvalue weighted by Crippen LogP contribution is 2.32. The third-order valence-electron chi connectivity index (χ3n) is 3.91. The Morgan fingerprint density at radius 3 is 2.60 bits per heavy atom. The minimum Gasteiger partial charge on any atom is -0.310 e. The number of carbonyl (C=O) groups excluding carboxylic acids is 1. The third kappa shape index (κ3) is 1.67. The van der Waals surface area contributed by atoms with Gasteiger partial charge in [-0.15, -0.1) is 0 Å². The number of anilines is 1. The fourth-order valence-corrected chi connectivity index (χ4v) is 3.00. The monoisotopic (exact) mass is 262 g/mol. The number of hydrogen-bond acceptors (Lipinski definition) is 2. The molecule has 2 aromatic rings. The van der Waals surface area contributed by atoms with E-state index in [0.717, 1.165) is 22.5 Å². The Balaban J connectivity index is 1.94. The molecular formula is C17H14N2O. The van der Waals surface area contributed by atoms with Crippen molar-refractivity contribution >= 4 is 17.3 Å². The molecule has 2 aliphatic rings. The summed E-state index contributed by atoms with van der Waals surface area (Å²) in [5.41, 5.74) is 4.15. The second-order valence-electron chi connectivity index (χ2n) is 5.22. The average molecular weight is 262 g/mol. The number of aliphatic imine (C=N–C) groups is 1. The van der Waals surface area contributed by atoms with Gasteiger partial charge in [-0.1, -0.05) is 48.5 Å². The lowest BCUT2D eigenvalue weighted by Crippen LogP contribution is -2.25. The van der Waals surface area contributed by atoms with Gasteiger partial charge >= 0.3 is 0 Å². The van der Waals surface area contributed by atoms with E-state index in [-0.39, 0.29) is 11.9 Å². The molecule has 0 saturated carbocycles. The number of carbonyl (C=O) groups is 1. The molecule has 2 aliphatic heterocycles. The Hall–Kier alpha value is -2.42. The molecule has 0 radical (unpaired) electrons. The zero-order chi connectivity index (χ0) is 13.5. The lowest BCUT2D eigenvalue weighted by atomic mass is 9.99. The molecule has 2 heterocycles. The first kappa shape index (κ1) is 11.4. The van der Waals surface area contributed by atoms with E-state index in [9.17, 15) is 4.79 Å². The van der Waals surface area contributed by atoms with Crippen molar-refractivity contribution in [2.75, 3.05) is 11.4 Å². The quantitative estimate of drug-likeness (QED) is 0.777. The van der Waals surface area contributed by atoms with Crippen LogP contribution in [0.1, 0.15) is 17.5 Å². The molecule has 1 amide bonds. The molecule has 3 nitrogen and oxygen atoms in total. The van der Waals surface area contributed by atoms with Crippen molar-refractivity contribution in [1.82, 2.24) is 0 Å². The first-order valence-electron chi connectivity index (χ1n) is 6.86. The molecular weight excluding hydrogens is 248 g/mol. The number of amides is 1. The van der Waals surface area contributed by atoms with Crippen LogP contribution in [0.3, 0.4) is 0 Å². The second-order valence-corrected chi connectivity index (χ2v) is 5.22. The van der Waals surface area contributed by atoms with Gasteiger partial charge in [-0.3, -0.25) is 9.79 Å². The Morgan fingerprint density at radius 1 is 1.00 bits per heavy atom. The highest BCUT2D eigenvalue weighted by Gasteiger charge is 2.35. The van der Waals surface area contributed by atoms with Crippen molar-refractivity contribution in [1.29, 1.82) is 0 Å². The topological polar surface area (TPSA) is 32.7 Å². The lowest BCUT2D eigenvalue weighted by Gasteiger charge is -2.19. The van der Waals surface area contributed by atoms with Crippen LogP contribution in [0.2, 0.25) is 0 Å². The summed E-state index contributed by atoms with van der Waals surface area (Å²) in [6, 6.07) is 18.3. The fraction of sp³-hybridized carbons (Fsp3) is 0.176. The first-order valence-corrected chi connectivity index (χ1v) is 6.86. The number of para-hydroxylation sites is 1. The molecule has 0 spiro atoms. The zero-order valence-corrected chi connectivity index (χ0v) is 11.0. The molecule has 3 heteroatoms. The molecule has 20 heavy (non-hydrogen) atoms. The Bertz CT molecular complexity index is 706. The summed E-state index contributed by atoms with van der Waals surface area (Å²) >= 11 is 0. The van der Waals surface area contributed by atoms with E-state index in [2.05, 4.69) is 18.2 Å². The van der Waals surface area contributed by atoms with Crippen LogP contribution >= 0.6 is 0 Å². The van der Waals surface area contributed by atoms with Crippen LogP contribution in [0.5, 0.6) is 0 Å². The highest BCUT2D eigenvalue weighted by atomic mass is 16.2. The molecule has 0 aromatic heterocycles. The predicted molar refractivity (Wildman–Crippen MR) is 79.3 cm³/mol. The van der Waals surface area contributed by atoms with Gasteiger partial charge in [-0.25, -0.2) is 0 Å². The summed E-state index contributed by atoms with van der Waals surface area (Å²) < 4.78 is 0. The SMILES string of the molecule is O=C1CC2CN1c1ccccc1C(c1ccccc1)=N2. The van der Waals surface area contributed by atoms with Crippen molar-refractivity contribution in [3.8, 4) is 0 Å². The molecule has 4 rings (SSSR count). The molecule has 0 N–H and O–H groups in total. The predicted octanol–water partition coefficient (Wildman–Crippen LogP) is 2.64. The van der Waals surface area contributed by atoms with Crippen LogP contribution in [-0.4, -0.2) is 24.2 Å². The van der Waals surface area contributed by atoms with Crippen LogP contribution in [0.4, 0.5) is 5.69 Å². The molecule has 0 aliphatic carbocycles. The van der Waals surface area contributed by atoms with Gasteiger partial charge in [0.1, 0.15) is 0 Å². The van der Waals surface area contributed by atoms with E-state index in [1.165, 1.54) is 0 Å². The van der Waals surface area contributed by atoms with Crippen molar-refractivity contribution < 1.29 is 4.79 Å². The number of fused-ring (bicyclic) bond motifs is 4. The number of benzene rings is 2. The minimum atomic E-state index is 0.0742. The maximum Gasteiger partial charge on any atom is 0.229 e. The average Bonchev–Trinajstić information content (AvgIpc) is 2.77. The fourth-order valence-electron chi connectivity index (χ4n) is 3.00. The van der Waals surface area contributed by atoms with Gasteiger partial charge in [0.2, 0.25) is 5.91 Å². The van der Waals surface area contributed by atoms with E-state index >= 15 is 0 Å². The Labute approximate surface area is 117 Å². The maximum absolute atomic E-state index is 12.1. The van der Waals surface area contributed by atoms with Crippen molar-refractivity contribution in [2.24, 2.45) is 4.99 Å². The standard InChI is InChI=1S/C17H14N2O/c20-16-10-13-11-19(16)15-9-5-4-8-14(15)17(18-13)12-6-2-1-3-7-12/h1-9,13H,10-11H2. The molecule has 1 fully saturated rings. The zero-order valence-electron chi connectivity index (χ0n) is 11.0. The van der Waals surface area contributed by atoms with E-state index < -0.39 is 0 Å². The van der Waals surface area contributed by atoms with Crippen LogP contribution in [-0.2, 0) is 4.79 Å². The van der Waals surface area contributed by atoms with Crippen molar-refractivity contribution in [2.45, 2.75) is 12.5 Å². The second kappa shape index (κ2) is 4.30. The summed E-state index contributed by atoms with van der Waals surface area (Å²) in [7, 11) is 0. The minimum absolute atomic E-state index is 0.0742. The number of hydrogen-bond donors (Lipinski definition) is 0. The van der Waals surface area contributed by atoms with Gasteiger partial charge in [0.25, 0.3) is 0 Å². The summed E-state index contributed by atoms with van der Waals surface area (Å²) in [6.07, 6.45) is 0.519. The Morgan fingerprint density at radius 2 is 1.75 bits per heavy atom. The summed E-state index contributed by atoms with van der Waals surface area (Å²) in [4.78, 5) is 18.8. The highest BCUT2D eigenvalue weighted by molar-refractivity contribution is 6.18. The third-order valence-corrected chi connectivity index (χ3v) is 3.91. The molecule has 1 unspecified atom stereocenters. The normalized spacial score (nSPS) is 20.4. The number of nitrogens with zero attached hydrogens (tertiary/aromatic N) is 2. The summed E-state index contributed by atoms with van der Waals surface area (Å²) in [6.45, 7) is 0.701. The van der Waals surface area contributed by atoms with Gasteiger partial charge in [0.05, 0.1) is 23.9 Å². The van der Waals surface area contributed by atoms with Crippen LogP contribution in [0.25, 0.3) is 0 Å². The number of rotatable bonds is 1. The first-order chi connectivity index (χ1) is 9.83. The van der Waals surface area contributed by atoms with Crippen LogP contribution in [0.15, 0.2) is 59.6 Å². The van der Waals surface area contributed by atoms with Crippen molar-refractivity contribution in [3.05, 3.63) is 65.7 Å². The maximum atomic E-state index is 12.1. The molecule has 1 atom stereocenters. The van der Waals surface area contributed by atoms with E-state index in [1.807, 2.05) is 41.3 Å². The molecule has 2 bridgehead atoms. The van der Waals surface area contributed by atoms with E-state index in [1.54, 1.807) is 0 Å². The summed E-state index contributed by atoms with van der Waals surface area (Å²) in [5.74, 6) is 0.179. The van der Waals surface area contributed by atoms with Gasteiger partial charge in [0.15, 0.2) is 0 Å². The largest absolute Gasteiger partial charge is 0.310 e. The van der Waals surface area contributed by atoms with Gasteiger partial charge < -0.3 is 4.90 Å². The van der Waals surface area contributed by atoms with Gasteiger partial charge in [-0.2, -0.15) is 0 Å². The van der Waals surface area contributed by atoms with E-state index in [4.69, 9.17) is 4.99 Å². The van der Waals surface area contributed by atoms with E-state index in [0.29, 0.717) is 13.0 Å². The molecule has 98 valence electrons.